The zero-order valence-corrected chi connectivity index (χ0v) is 17.1. The summed E-state index contributed by atoms with van der Waals surface area (Å²) in [5, 5.41) is 0. The second-order valence-electron chi connectivity index (χ2n) is 5.76. The van der Waals surface area contributed by atoms with E-state index in [0.717, 1.165) is 25.6 Å². The van der Waals surface area contributed by atoms with Crippen molar-refractivity contribution in [1.29, 1.82) is 0 Å². The number of rotatable bonds is 5. The molecule has 1 heterocycles. The van der Waals surface area contributed by atoms with Crippen LogP contribution in [0.5, 0.6) is 5.75 Å². The maximum atomic E-state index is 12.1. The number of esters is 1. The molecule has 26 heavy (non-hydrogen) atoms. The molecule has 6 heteroatoms. The Hall–Kier alpha value is -2.18. The predicted octanol–water partition coefficient (Wildman–Crippen LogP) is 5.51. The first kappa shape index (κ1) is 18.6. The molecule has 1 aliphatic rings. The van der Waals surface area contributed by atoms with Gasteiger partial charge in [-0.05, 0) is 80.3 Å². The van der Waals surface area contributed by atoms with Crippen LogP contribution in [0.4, 0.5) is 0 Å². The summed E-state index contributed by atoms with van der Waals surface area (Å²) in [6.45, 7) is 6.15. The van der Waals surface area contributed by atoms with Crippen molar-refractivity contribution in [2.24, 2.45) is 4.99 Å². The zero-order valence-electron chi connectivity index (χ0n) is 14.0. The van der Waals surface area contributed by atoms with Crippen molar-refractivity contribution < 1.29 is 14.3 Å². The van der Waals surface area contributed by atoms with Gasteiger partial charge in [-0.2, -0.15) is 0 Å². The number of carbonyl (C=O) groups is 1. The number of nitrogens with zero attached hydrogens (tertiary/aromatic N) is 1. The number of aliphatic imine (C=N–C) groups is 1. The van der Waals surface area contributed by atoms with Crippen LogP contribution in [0.2, 0.25) is 0 Å². The maximum Gasteiger partial charge on any atom is 0.363 e. The lowest BCUT2D eigenvalue weighted by molar-refractivity contribution is -0.129. The first-order valence-electron chi connectivity index (χ1n) is 7.78. The van der Waals surface area contributed by atoms with Gasteiger partial charge in [-0.25, -0.2) is 9.79 Å². The minimum atomic E-state index is -0.473. The molecule has 0 saturated carbocycles. The highest BCUT2D eigenvalue weighted by molar-refractivity contribution is 9.11. The molecule has 0 spiro atoms. The quantitative estimate of drug-likeness (QED) is 0.324. The van der Waals surface area contributed by atoms with Crippen LogP contribution in [0.15, 0.2) is 74.3 Å². The van der Waals surface area contributed by atoms with Crippen molar-refractivity contribution in [2.75, 3.05) is 6.61 Å². The number of ether oxygens (including phenoxy) is 2. The third-order valence-corrected chi connectivity index (χ3v) is 4.61. The van der Waals surface area contributed by atoms with Gasteiger partial charge < -0.3 is 9.47 Å². The number of hydrogen-bond donors (Lipinski definition) is 0. The summed E-state index contributed by atoms with van der Waals surface area (Å²) in [6.07, 6.45) is 1.68. The van der Waals surface area contributed by atoms with E-state index in [-0.39, 0.29) is 5.70 Å². The average molecular weight is 477 g/mol. The minimum Gasteiger partial charge on any atom is -0.487 e. The topological polar surface area (TPSA) is 47.9 Å². The Morgan fingerprint density at radius 3 is 2.50 bits per heavy atom. The van der Waals surface area contributed by atoms with Crippen LogP contribution in [0.1, 0.15) is 18.1 Å². The number of cyclic esters (lactones) is 1. The summed E-state index contributed by atoms with van der Waals surface area (Å²) in [5.74, 6) is 0.512. The Balaban J connectivity index is 1.89. The first-order valence-corrected chi connectivity index (χ1v) is 9.37. The molecule has 0 N–H and O–H groups in total. The van der Waals surface area contributed by atoms with Gasteiger partial charge in [0.15, 0.2) is 5.70 Å². The highest BCUT2D eigenvalue weighted by atomic mass is 79.9. The van der Waals surface area contributed by atoms with Crippen molar-refractivity contribution in [3.05, 3.63) is 80.4 Å². The van der Waals surface area contributed by atoms with Gasteiger partial charge in [0, 0.05) is 5.56 Å². The molecule has 0 saturated heterocycles. The van der Waals surface area contributed by atoms with Crippen molar-refractivity contribution in [2.45, 2.75) is 6.92 Å². The number of hydrogen-bond acceptors (Lipinski definition) is 4. The molecule has 0 unspecified atom stereocenters. The van der Waals surface area contributed by atoms with Crippen LogP contribution in [-0.2, 0) is 9.53 Å². The van der Waals surface area contributed by atoms with Gasteiger partial charge in [-0.15, -0.1) is 0 Å². The van der Waals surface area contributed by atoms with Gasteiger partial charge >= 0.3 is 5.97 Å². The van der Waals surface area contributed by atoms with Crippen LogP contribution in [-0.4, -0.2) is 18.5 Å². The largest absolute Gasteiger partial charge is 0.487 e. The SMILES string of the molecule is C=C(C)COc1c(Br)cc(/C=C2\N=C(c3ccccc3)OC2=O)cc1Br. The molecule has 3 rings (SSSR count). The Bertz CT molecular complexity index is 910. The Morgan fingerprint density at radius 1 is 1.23 bits per heavy atom. The van der Waals surface area contributed by atoms with Gasteiger partial charge in [-0.1, -0.05) is 24.8 Å². The van der Waals surface area contributed by atoms with E-state index < -0.39 is 5.97 Å². The smallest absolute Gasteiger partial charge is 0.363 e. The summed E-state index contributed by atoms with van der Waals surface area (Å²) in [4.78, 5) is 16.4. The van der Waals surface area contributed by atoms with E-state index in [9.17, 15) is 4.79 Å². The summed E-state index contributed by atoms with van der Waals surface area (Å²) >= 11 is 6.99. The molecule has 2 aromatic carbocycles. The normalized spacial score (nSPS) is 15.0. The fourth-order valence-electron chi connectivity index (χ4n) is 2.27. The molecule has 0 fully saturated rings. The molecule has 1 aliphatic heterocycles. The lowest BCUT2D eigenvalue weighted by Crippen LogP contribution is -2.04. The number of carbonyl (C=O) groups excluding carboxylic acids is 1. The molecular formula is C20H15Br2NO3. The zero-order chi connectivity index (χ0) is 18.7. The molecule has 0 aliphatic carbocycles. The second-order valence-corrected chi connectivity index (χ2v) is 7.47. The lowest BCUT2D eigenvalue weighted by Gasteiger charge is -2.11. The van der Waals surface area contributed by atoms with Gasteiger partial charge in [0.05, 0.1) is 8.95 Å². The molecule has 0 aromatic heterocycles. The molecule has 0 radical (unpaired) electrons. The maximum absolute atomic E-state index is 12.1. The second kappa shape index (κ2) is 8.01. The van der Waals surface area contributed by atoms with Crippen molar-refractivity contribution in [1.82, 2.24) is 0 Å². The van der Waals surface area contributed by atoms with E-state index in [4.69, 9.17) is 9.47 Å². The molecule has 0 atom stereocenters. The molecular weight excluding hydrogens is 462 g/mol. The van der Waals surface area contributed by atoms with E-state index in [1.54, 1.807) is 6.08 Å². The monoisotopic (exact) mass is 475 g/mol. The van der Waals surface area contributed by atoms with E-state index >= 15 is 0 Å². The van der Waals surface area contributed by atoms with E-state index in [2.05, 4.69) is 43.4 Å². The fraction of sp³-hybridized carbons (Fsp3) is 0.100. The molecule has 132 valence electrons. The van der Waals surface area contributed by atoms with Gasteiger partial charge in [0.25, 0.3) is 0 Å². The van der Waals surface area contributed by atoms with Crippen LogP contribution in [0.25, 0.3) is 6.08 Å². The van der Waals surface area contributed by atoms with E-state index in [0.29, 0.717) is 18.3 Å². The van der Waals surface area contributed by atoms with E-state index in [1.165, 1.54) is 0 Å². The third kappa shape index (κ3) is 4.31. The number of halogens is 2. The van der Waals surface area contributed by atoms with Crippen LogP contribution in [0.3, 0.4) is 0 Å². The third-order valence-electron chi connectivity index (χ3n) is 3.43. The Morgan fingerprint density at radius 2 is 1.88 bits per heavy atom. The molecule has 0 bridgehead atoms. The van der Waals surface area contributed by atoms with Crippen LogP contribution >= 0.6 is 31.9 Å². The average Bonchev–Trinajstić information content (AvgIpc) is 2.95. The summed E-state index contributed by atoms with van der Waals surface area (Å²) in [5.41, 5.74) is 2.72. The van der Waals surface area contributed by atoms with Crippen molar-refractivity contribution in [3.63, 3.8) is 0 Å². The first-order chi connectivity index (χ1) is 12.4. The van der Waals surface area contributed by atoms with Crippen molar-refractivity contribution >= 4 is 49.8 Å². The highest BCUT2D eigenvalue weighted by Crippen LogP contribution is 2.36. The highest BCUT2D eigenvalue weighted by Gasteiger charge is 2.24. The molecule has 4 nitrogen and oxygen atoms in total. The Labute approximate surface area is 168 Å². The van der Waals surface area contributed by atoms with Gasteiger partial charge in [0.1, 0.15) is 12.4 Å². The van der Waals surface area contributed by atoms with Gasteiger partial charge in [-0.3, -0.25) is 0 Å². The van der Waals surface area contributed by atoms with Crippen molar-refractivity contribution in [3.8, 4) is 5.75 Å². The number of benzene rings is 2. The standard InChI is InChI=1S/C20H15Br2NO3/c1-12(2)11-25-18-15(21)8-13(9-16(18)22)10-17-20(24)26-19(23-17)14-6-4-3-5-7-14/h3-10H,1,11H2,2H3/b17-10-. The van der Waals surface area contributed by atoms with Gasteiger partial charge in [0.2, 0.25) is 5.90 Å². The van der Waals surface area contributed by atoms with E-state index in [1.807, 2.05) is 49.4 Å². The molecule has 2 aromatic rings. The summed E-state index contributed by atoms with van der Waals surface area (Å²) in [7, 11) is 0. The fourth-order valence-corrected chi connectivity index (χ4v) is 3.72. The predicted molar refractivity (Wildman–Crippen MR) is 109 cm³/mol. The van der Waals surface area contributed by atoms with Crippen LogP contribution < -0.4 is 4.74 Å². The summed E-state index contributed by atoms with van der Waals surface area (Å²) < 4.78 is 12.5. The summed E-state index contributed by atoms with van der Waals surface area (Å²) in [6, 6.07) is 13.0. The Kier molecular flexibility index (Phi) is 5.74. The molecule has 0 amide bonds. The van der Waals surface area contributed by atoms with Crippen LogP contribution in [0, 0.1) is 0 Å². The minimum absolute atomic E-state index is 0.248. The lowest BCUT2D eigenvalue weighted by atomic mass is 10.2.